The third-order valence-corrected chi connectivity index (χ3v) is 3.23. The van der Waals surface area contributed by atoms with Gasteiger partial charge < -0.3 is 19.3 Å². The molecule has 7 nitrogen and oxygen atoms in total. The smallest absolute Gasteiger partial charge is 0.271 e. The average Bonchev–Trinajstić information content (AvgIpc) is 2.61. The number of rotatable bonds is 6. The van der Waals surface area contributed by atoms with E-state index in [1.165, 1.54) is 33.6 Å². The summed E-state index contributed by atoms with van der Waals surface area (Å²) in [5.41, 5.74) is 3.39. The fourth-order valence-electron chi connectivity index (χ4n) is 1.99. The fourth-order valence-corrected chi connectivity index (χ4v) is 1.99. The Hall–Kier alpha value is -3.22. The normalized spacial score (nSPS) is 10.5. The average molecular weight is 330 g/mol. The van der Waals surface area contributed by atoms with E-state index in [2.05, 4.69) is 10.5 Å². The first-order valence-electron chi connectivity index (χ1n) is 7.01. The predicted octanol–water partition coefficient (Wildman–Crippen LogP) is 2.18. The summed E-state index contributed by atoms with van der Waals surface area (Å²) in [6.45, 7) is 0. The van der Waals surface area contributed by atoms with Gasteiger partial charge in [0, 0.05) is 5.56 Å². The Kier molecular flexibility index (Phi) is 5.62. The van der Waals surface area contributed by atoms with Gasteiger partial charge in [-0.15, -0.1) is 0 Å². The number of phenolic OH excluding ortho intramolecular Hbond substituents is 1. The molecule has 2 aromatic carbocycles. The van der Waals surface area contributed by atoms with Crippen LogP contribution in [0.5, 0.6) is 23.0 Å². The number of amides is 1. The van der Waals surface area contributed by atoms with Crippen molar-refractivity contribution < 1.29 is 24.1 Å². The van der Waals surface area contributed by atoms with Crippen LogP contribution in [0.2, 0.25) is 0 Å². The van der Waals surface area contributed by atoms with Crippen molar-refractivity contribution in [1.82, 2.24) is 5.43 Å². The lowest BCUT2D eigenvalue weighted by atomic mass is 10.2. The maximum Gasteiger partial charge on any atom is 0.271 e. The number of phenols is 1. The molecule has 0 spiro atoms. The van der Waals surface area contributed by atoms with Gasteiger partial charge >= 0.3 is 0 Å². The van der Waals surface area contributed by atoms with Crippen molar-refractivity contribution in [3.63, 3.8) is 0 Å². The number of nitrogens with one attached hydrogen (secondary N) is 1. The minimum atomic E-state index is -0.398. The van der Waals surface area contributed by atoms with E-state index in [-0.39, 0.29) is 5.75 Å². The summed E-state index contributed by atoms with van der Waals surface area (Å²) in [6, 6.07) is 9.58. The van der Waals surface area contributed by atoms with E-state index in [1.807, 2.05) is 0 Å². The third kappa shape index (κ3) is 3.95. The van der Waals surface area contributed by atoms with E-state index in [4.69, 9.17) is 14.2 Å². The highest BCUT2D eigenvalue weighted by atomic mass is 16.5. The number of carbonyl (C=O) groups is 1. The Morgan fingerprint density at radius 2 is 1.67 bits per heavy atom. The summed E-state index contributed by atoms with van der Waals surface area (Å²) in [5, 5.41) is 13.5. The molecule has 0 aliphatic heterocycles. The molecular formula is C17H18N2O5. The molecule has 0 fully saturated rings. The molecule has 24 heavy (non-hydrogen) atoms. The van der Waals surface area contributed by atoms with Crippen LogP contribution in [0.4, 0.5) is 0 Å². The lowest BCUT2D eigenvalue weighted by Gasteiger charge is -2.08. The van der Waals surface area contributed by atoms with Crippen LogP contribution in [-0.4, -0.2) is 38.6 Å². The first kappa shape index (κ1) is 17.1. The molecule has 0 atom stereocenters. The van der Waals surface area contributed by atoms with Gasteiger partial charge in [0.2, 0.25) is 0 Å². The topological polar surface area (TPSA) is 89.4 Å². The number of aromatic hydroxyl groups is 1. The number of carbonyl (C=O) groups excluding carboxylic acids is 1. The largest absolute Gasteiger partial charge is 0.504 e. The van der Waals surface area contributed by atoms with Gasteiger partial charge in [0.25, 0.3) is 5.91 Å². The van der Waals surface area contributed by atoms with Gasteiger partial charge in [-0.25, -0.2) is 5.43 Å². The summed E-state index contributed by atoms with van der Waals surface area (Å²) >= 11 is 0. The molecule has 0 unspecified atom stereocenters. The van der Waals surface area contributed by atoms with E-state index in [0.29, 0.717) is 28.4 Å². The number of ether oxygens (including phenoxy) is 3. The van der Waals surface area contributed by atoms with Crippen LogP contribution in [0.1, 0.15) is 15.9 Å². The van der Waals surface area contributed by atoms with Gasteiger partial charge in [-0.1, -0.05) is 0 Å². The molecule has 2 N–H and O–H groups in total. The fraction of sp³-hybridized carbons (Fsp3) is 0.176. The number of hydrogen-bond acceptors (Lipinski definition) is 6. The van der Waals surface area contributed by atoms with Gasteiger partial charge in [-0.2, -0.15) is 5.10 Å². The van der Waals surface area contributed by atoms with E-state index in [9.17, 15) is 9.90 Å². The molecular weight excluding hydrogens is 312 g/mol. The molecule has 0 saturated carbocycles. The molecule has 2 aromatic rings. The van der Waals surface area contributed by atoms with Crippen LogP contribution in [0.15, 0.2) is 41.5 Å². The van der Waals surface area contributed by atoms with E-state index in [0.717, 1.165) is 0 Å². The maximum atomic E-state index is 12.1. The van der Waals surface area contributed by atoms with Crippen molar-refractivity contribution in [3.8, 4) is 23.0 Å². The van der Waals surface area contributed by atoms with Crippen LogP contribution in [0, 0.1) is 0 Å². The van der Waals surface area contributed by atoms with Crippen LogP contribution in [-0.2, 0) is 0 Å². The zero-order chi connectivity index (χ0) is 17.5. The Morgan fingerprint density at radius 1 is 1.00 bits per heavy atom. The van der Waals surface area contributed by atoms with E-state index in [1.54, 1.807) is 30.3 Å². The zero-order valence-electron chi connectivity index (χ0n) is 13.6. The minimum Gasteiger partial charge on any atom is -0.504 e. The molecule has 0 aliphatic carbocycles. The van der Waals surface area contributed by atoms with Gasteiger partial charge in [-0.3, -0.25) is 4.79 Å². The van der Waals surface area contributed by atoms with Crippen molar-refractivity contribution >= 4 is 12.1 Å². The van der Waals surface area contributed by atoms with Crippen LogP contribution >= 0.6 is 0 Å². The van der Waals surface area contributed by atoms with Crippen molar-refractivity contribution in [2.45, 2.75) is 0 Å². The molecule has 0 radical (unpaired) electrons. The van der Waals surface area contributed by atoms with Crippen molar-refractivity contribution in [2.24, 2.45) is 5.10 Å². The molecule has 1 amide bonds. The minimum absolute atomic E-state index is 0.00679. The number of hydrogen-bond donors (Lipinski definition) is 2. The maximum absolute atomic E-state index is 12.1. The Balaban J connectivity index is 2.06. The van der Waals surface area contributed by atoms with Crippen LogP contribution in [0.25, 0.3) is 0 Å². The quantitative estimate of drug-likeness (QED) is 0.626. The summed E-state index contributed by atoms with van der Waals surface area (Å²) in [6.07, 6.45) is 1.41. The van der Waals surface area contributed by atoms with Crippen molar-refractivity contribution in [2.75, 3.05) is 21.3 Å². The highest BCUT2D eigenvalue weighted by Gasteiger charge is 2.10. The van der Waals surface area contributed by atoms with Crippen LogP contribution in [0.3, 0.4) is 0 Å². The molecule has 2 rings (SSSR count). The first-order chi connectivity index (χ1) is 11.6. The van der Waals surface area contributed by atoms with Crippen molar-refractivity contribution in [3.05, 3.63) is 47.5 Å². The number of nitrogens with zero attached hydrogens (tertiary/aromatic N) is 1. The second-order valence-corrected chi connectivity index (χ2v) is 4.70. The first-order valence-corrected chi connectivity index (χ1v) is 7.01. The molecule has 0 saturated heterocycles. The lowest BCUT2D eigenvalue weighted by Crippen LogP contribution is -2.17. The summed E-state index contributed by atoms with van der Waals surface area (Å²) in [7, 11) is 4.48. The second-order valence-electron chi connectivity index (χ2n) is 4.70. The zero-order valence-corrected chi connectivity index (χ0v) is 13.6. The molecule has 0 aliphatic rings. The summed E-state index contributed by atoms with van der Waals surface area (Å²) < 4.78 is 15.2. The number of methoxy groups -OCH3 is 3. The molecule has 7 heteroatoms. The highest BCUT2D eigenvalue weighted by Crippen LogP contribution is 2.27. The van der Waals surface area contributed by atoms with E-state index >= 15 is 0 Å². The monoisotopic (exact) mass is 330 g/mol. The standard InChI is InChI=1S/C17H18N2O5/c1-22-14-6-4-11(8-13(14)20)10-18-19-17(21)12-5-7-15(23-2)16(9-12)24-3/h4-10,20H,1-3H3,(H,19,21)/b18-10+. The Labute approximate surface area is 139 Å². The van der Waals surface area contributed by atoms with Gasteiger partial charge in [0.05, 0.1) is 27.5 Å². The molecule has 126 valence electrons. The molecule has 0 bridgehead atoms. The van der Waals surface area contributed by atoms with Gasteiger partial charge in [0.15, 0.2) is 23.0 Å². The highest BCUT2D eigenvalue weighted by molar-refractivity contribution is 5.95. The van der Waals surface area contributed by atoms with Crippen molar-refractivity contribution in [1.29, 1.82) is 0 Å². The Bertz CT molecular complexity index is 759. The van der Waals surface area contributed by atoms with Gasteiger partial charge in [-0.05, 0) is 42.0 Å². The van der Waals surface area contributed by atoms with Gasteiger partial charge in [0.1, 0.15) is 0 Å². The van der Waals surface area contributed by atoms with Crippen LogP contribution < -0.4 is 19.6 Å². The number of hydrazone groups is 1. The lowest BCUT2D eigenvalue weighted by molar-refractivity contribution is 0.0954. The second kappa shape index (κ2) is 7.87. The molecule has 0 heterocycles. The SMILES string of the molecule is COc1ccc(/C=N/NC(=O)c2ccc(OC)c(OC)c2)cc1O. The predicted molar refractivity (Wildman–Crippen MR) is 89.3 cm³/mol. The van der Waals surface area contributed by atoms with E-state index < -0.39 is 5.91 Å². The molecule has 0 aromatic heterocycles. The third-order valence-electron chi connectivity index (χ3n) is 3.23. The summed E-state index contributed by atoms with van der Waals surface area (Å²) in [4.78, 5) is 12.1. The Morgan fingerprint density at radius 3 is 2.29 bits per heavy atom. The number of benzene rings is 2. The summed E-state index contributed by atoms with van der Waals surface area (Å²) in [5.74, 6) is 0.944.